The van der Waals surface area contributed by atoms with E-state index in [0.717, 1.165) is 93.3 Å². The second kappa shape index (κ2) is 16.2. The molecule has 0 spiro atoms. The third-order valence-electron chi connectivity index (χ3n) is 11.6. The van der Waals surface area contributed by atoms with E-state index in [9.17, 15) is 0 Å². The Bertz CT molecular complexity index is 3530. The summed E-state index contributed by atoms with van der Waals surface area (Å²) in [5.74, 6) is 1.72. The van der Waals surface area contributed by atoms with Gasteiger partial charge in [0.2, 0.25) is 5.95 Å². The molecule has 65 heavy (non-hydrogen) atoms. The third kappa shape index (κ3) is 7.16. The van der Waals surface area contributed by atoms with Gasteiger partial charge in [-0.3, -0.25) is 14.5 Å². The van der Waals surface area contributed by atoms with Gasteiger partial charge in [-0.05, 0) is 90.5 Å². The van der Waals surface area contributed by atoms with Crippen LogP contribution in [0, 0.1) is 0 Å². The van der Waals surface area contributed by atoms with Gasteiger partial charge in [0.05, 0.1) is 33.5 Å². The molecule has 12 aromatic rings. The quantitative estimate of drug-likeness (QED) is 0.143. The number of rotatable bonds is 9. The average molecular weight is 853 g/mol. The molecule has 0 amide bonds. The largest absolute Gasteiger partial charge is 0.302 e. The highest BCUT2D eigenvalue weighted by atomic mass is 32.1. The van der Waals surface area contributed by atoms with Crippen molar-refractivity contribution in [1.29, 1.82) is 0 Å². The number of hydrogen-bond acceptors (Lipinski definition) is 8. The molecule has 0 saturated heterocycles. The smallest absolute Gasteiger partial charge is 0.238 e. The van der Waals surface area contributed by atoms with E-state index < -0.39 is 0 Å². The topological polar surface area (TPSA) is 85.5 Å². The summed E-state index contributed by atoms with van der Waals surface area (Å²) >= 11 is 1.74. The number of aromatic nitrogens is 7. The number of para-hydroxylation sites is 1. The second-order valence-electron chi connectivity index (χ2n) is 15.6. The van der Waals surface area contributed by atoms with Crippen molar-refractivity contribution in [3.8, 4) is 61.7 Å². The Morgan fingerprint density at radius 2 is 1.02 bits per heavy atom. The maximum Gasteiger partial charge on any atom is 0.238 e. The highest BCUT2D eigenvalue weighted by molar-refractivity contribution is 7.19. The summed E-state index contributed by atoms with van der Waals surface area (Å²) in [6.45, 7) is 0. The van der Waals surface area contributed by atoms with Gasteiger partial charge in [-0.1, -0.05) is 121 Å². The lowest BCUT2D eigenvalue weighted by Gasteiger charge is -2.24. The fourth-order valence-electron chi connectivity index (χ4n) is 8.47. The molecule has 6 aromatic carbocycles. The first-order chi connectivity index (χ1) is 32.2. The van der Waals surface area contributed by atoms with Crippen molar-refractivity contribution in [2.45, 2.75) is 0 Å². The molecule has 8 nitrogen and oxygen atoms in total. The zero-order chi connectivity index (χ0) is 43.1. The number of fused-ring (bicyclic) bond motifs is 4. The summed E-state index contributed by atoms with van der Waals surface area (Å²) in [5, 5.41) is 3.10. The molecule has 0 aliphatic carbocycles. The predicted octanol–water partition coefficient (Wildman–Crippen LogP) is 14.2. The van der Waals surface area contributed by atoms with Crippen LogP contribution >= 0.6 is 11.3 Å². The van der Waals surface area contributed by atoms with Crippen LogP contribution in [0.15, 0.2) is 219 Å². The van der Waals surface area contributed by atoms with Gasteiger partial charge in [0.1, 0.15) is 5.00 Å². The normalized spacial score (nSPS) is 11.4. The molecule has 6 aromatic heterocycles. The Hall–Kier alpha value is -8.66. The minimum atomic E-state index is 0.525. The zero-order valence-corrected chi connectivity index (χ0v) is 35.6. The van der Waals surface area contributed by atoms with Crippen LogP contribution in [0.25, 0.3) is 94.5 Å². The Balaban J connectivity index is 1.02. The maximum atomic E-state index is 5.32. The van der Waals surface area contributed by atoms with E-state index >= 15 is 0 Å². The molecule has 0 aliphatic rings. The summed E-state index contributed by atoms with van der Waals surface area (Å²) in [6.07, 6.45) is 3.67. The van der Waals surface area contributed by atoms with Crippen molar-refractivity contribution < 1.29 is 0 Å². The van der Waals surface area contributed by atoms with E-state index in [1.807, 2.05) is 122 Å². The van der Waals surface area contributed by atoms with Crippen molar-refractivity contribution >= 4 is 60.6 Å². The summed E-state index contributed by atoms with van der Waals surface area (Å²) < 4.78 is 2.14. The van der Waals surface area contributed by atoms with E-state index in [1.165, 1.54) is 0 Å². The zero-order valence-electron chi connectivity index (χ0n) is 34.8. The summed E-state index contributed by atoms with van der Waals surface area (Å²) in [6, 6.07) is 70.8. The van der Waals surface area contributed by atoms with Crippen LogP contribution in [-0.2, 0) is 0 Å². The number of hydrogen-bond donors (Lipinski definition) is 0. The van der Waals surface area contributed by atoms with Crippen molar-refractivity contribution in [1.82, 2.24) is 34.5 Å². The molecule has 12 rings (SSSR count). The molecule has 0 N–H and O–H groups in total. The maximum absolute atomic E-state index is 5.32. The van der Waals surface area contributed by atoms with E-state index in [-0.39, 0.29) is 0 Å². The lowest BCUT2D eigenvalue weighted by molar-refractivity contribution is 0.953. The van der Waals surface area contributed by atoms with Crippen molar-refractivity contribution in [3.63, 3.8) is 0 Å². The first-order valence-electron chi connectivity index (χ1n) is 21.3. The summed E-state index contributed by atoms with van der Waals surface area (Å²) in [5.41, 5.74) is 12.5. The van der Waals surface area contributed by atoms with Crippen LogP contribution in [-0.4, -0.2) is 34.5 Å². The van der Waals surface area contributed by atoms with Gasteiger partial charge < -0.3 is 4.90 Å². The van der Waals surface area contributed by atoms with Crippen LogP contribution in [0.5, 0.6) is 0 Å². The first kappa shape index (κ1) is 38.0. The highest BCUT2D eigenvalue weighted by Crippen LogP contribution is 2.44. The fraction of sp³-hybridized carbons (Fsp3) is 0. The van der Waals surface area contributed by atoms with Crippen LogP contribution in [0.2, 0.25) is 0 Å². The number of anilines is 3. The molecule has 0 bridgehead atoms. The summed E-state index contributed by atoms with van der Waals surface area (Å²) in [7, 11) is 0. The molecule has 0 fully saturated rings. The first-order valence-corrected chi connectivity index (χ1v) is 22.2. The minimum absolute atomic E-state index is 0.525. The second-order valence-corrected chi connectivity index (χ2v) is 16.7. The predicted molar refractivity (Wildman–Crippen MR) is 265 cm³/mol. The molecule has 0 saturated carbocycles. The standard InChI is InChI=1S/C56H36N8S/c1-3-15-37(16-4-1)54-60-55(38-17-5-2-6-18-38)62-56(61-54)64-49-28-27-42(35-45(49)53-50(64)36-41-19-7-8-26-48(41)59-53)51-29-30-52(65-51)63(43-22-13-20-39(33-43)46-24-9-11-31-57-46)44-23-14-21-40(34-44)47-25-10-12-32-58-47/h1-36H. The molecule has 9 heteroatoms. The van der Waals surface area contributed by atoms with Crippen molar-refractivity contribution in [3.05, 3.63) is 219 Å². The Kier molecular flexibility index (Phi) is 9.50. The average Bonchev–Trinajstić information content (AvgIpc) is 3.99. The minimum Gasteiger partial charge on any atom is -0.302 e. The number of thiophene rings is 1. The van der Waals surface area contributed by atoms with Gasteiger partial charge >= 0.3 is 0 Å². The Morgan fingerprint density at radius 1 is 0.415 bits per heavy atom. The third-order valence-corrected chi connectivity index (χ3v) is 12.7. The van der Waals surface area contributed by atoms with Crippen molar-refractivity contribution in [2.75, 3.05) is 4.90 Å². The SMILES string of the molecule is c1ccc(-c2nc(-c3ccccc3)nc(-n3c4ccc(-c5ccc(N(c6cccc(-c7ccccn7)c6)c6cccc(-c7ccccn7)c6)s5)cc4c4nc5ccccc5cc43)n2)cc1. The lowest BCUT2D eigenvalue weighted by atomic mass is 10.1. The fourth-order valence-corrected chi connectivity index (χ4v) is 9.52. The number of pyridine rings is 3. The molecule has 0 atom stereocenters. The van der Waals surface area contributed by atoms with Crippen LogP contribution < -0.4 is 4.90 Å². The summed E-state index contributed by atoms with van der Waals surface area (Å²) in [4.78, 5) is 33.4. The molecule has 0 radical (unpaired) electrons. The molecular formula is C56H36N8S. The van der Waals surface area contributed by atoms with E-state index in [4.69, 9.17) is 19.9 Å². The van der Waals surface area contributed by atoms with E-state index in [1.54, 1.807) is 11.3 Å². The van der Waals surface area contributed by atoms with Gasteiger partial charge in [-0.2, -0.15) is 9.97 Å². The van der Waals surface area contributed by atoms with Crippen molar-refractivity contribution in [2.24, 2.45) is 0 Å². The van der Waals surface area contributed by atoms with Gasteiger partial charge in [-0.15, -0.1) is 11.3 Å². The van der Waals surface area contributed by atoms with Gasteiger partial charge in [0.25, 0.3) is 0 Å². The van der Waals surface area contributed by atoms with Crippen LogP contribution in [0.1, 0.15) is 0 Å². The van der Waals surface area contributed by atoms with Gasteiger partial charge in [0, 0.05) is 61.7 Å². The number of nitrogens with zero attached hydrogens (tertiary/aromatic N) is 8. The monoisotopic (exact) mass is 852 g/mol. The molecule has 0 aliphatic heterocycles. The van der Waals surface area contributed by atoms with Crippen LogP contribution in [0.3, 0.4) is 0 Å². The Morgan fingerprint density at radius 3 is 1.65 bits per heavy atom. The van der Waals surface area contributed by atoms with E-state index in [2.05, 4.69) is 116 Å². The lowest BCUT2D eigenvalue weighted by Crippen LogP contribution is -2.08. The van der Waals surface area contributed by atoms with E-state index in [0.29, 0.717) is 17.6 Å². The Labute approximate surface area is 378 Å². The number of benzene rings is 6. The van der Waals surface area contributed by atoms with Crippen LogP contribution in [0.4, 0.5) is 16.4 Å². The molecule has 306 valence electrons. The molecule has 0 unspecified atom stereocenters. The van der Waals surface area contributed by atoms with Gasteiger partial charge in [0.15, 0.2) is 11.6 Å². The molecular weight excluding hydrogens is 817 g/mol. The highest BCUT2D eigenvalue weighted by Gasteiger charge is 2.22. The van der Waals surface area contributed by atoms with Gasteiger partial charge in [-0.25, -0.2) is 9.97 Å². The molecule has 6 heterocycles.